The third-order valence-corrected chi connectivity index (χ3v) is 2.92. The van der Waals surface area contributed by atoms with E-state index in [1.807, 2.05) is 18.7 Å². The molecule has 1 fully saturated rings. The Labute approximate surface area is 101 Å². The number of hydrogen-bond donors (Lipinski definition) is 1. The number of likely N-dealkylation sites (tertiary alicyclic amines) is 1. The molecule has 2 unspecified atom stereocenters. The molecule has 16 heavy (non-hydrogen) atoms. The number of halogens is 4. The molecular weight excluding hydrogens is 241 g/mol. The zero-order valence-electron chi connectivity index (χ0n) is 9.84. The SMILES string of the molecule is CC1C(C(F)(F)F)CCN1CC(C)(C)N.Cl. The van der Waals surface area contributed by atoms with Crippen molar-refractivity contribution < 1.29 is 13.2 Å². The van der Waals surface area contributed by atoms with Crippen LogP contribution in [-0.2, 0) is 0 Å². The van der Waals surface area contributed by atoms with E-state index in [0.717, 1.165) is 0 Å². The van der Waals surface area contributed by atoms with Crippen molar-refractivity contribution in [1.82, 2.24) is 4.90 Å². The van der Waals surface area contributed by atoms with Gasteiger partial charge in [0, 0.05) is 18.1 Å². The predicted molar refractivity (Wildman–Crippen MR) is 60.7 cm³/mol. The summed E-state index contributed by atoms with van der Waals surface area (Å²) < 4.78 is 37.7. The lowest BCUT2D eigenvalue weighted by Gasteiger charge is -2.31. The lowest BCUT2D eigenvalue weighted by Crippen LogP contribution is -2.48. The Kier molecular flexibility index (Phi) is 5.10. The van der Waals surface area contributed by atoms with Crippen molar-refractivity contribution in [3.63, 3.8) is 0 Å². The average molecular weight is 261 g/mol. The van der Waals surface area contributed by atoms with Crippen LogP contribution in [0, 0.1) is 5.92 Å². The van der Waals surface area contributed by atoms with Crippen molar-refractivity contribution in [2.75, 3.05) is 13.1 Å². The van der Waals surface area contributed by atoms with Gasteiger partial charge >= 0.3 is 6.18 Å². The van der Waals surface area contributed by atoms with Crippen molar-refractivity contribution in [1.29, 1.82) is 0 Å². The van der Waals surface area contributed by atoms with E-state index in [2.05, 4.69) is 0 Å². The van der Waals surface area contributed by atoms with Crippen molar-refractivity contribution in [3.05, 3.63) is 0 Å². The molecule has 0 amide bonds. The standard InChI is InChI=1S/C10H19F3N2.ClH/c1-7-8(10(11,12)13)4-5-15(7)6-9(2,3)14;/h7-8H,4-6,14H2,1-3H3;1H. The third kappa shape index (κ3) is 4.11. The molecule has 2 atom stereocenters. The van der Waals surface area contributed by atoms with Crippen LogP contribution in [0.15, 0.2) is 0 Å². The summed E-state index contributed by atoms with van der Waals surface area (Å²) in [5, 5.41) is 0. The first kappa shape index (κ1) is 16.0. The minimum absolute atomic E-state index is 0. The maximum absolute atomic E-state index is 12.6. The van der Waals surface area contributed by atoms with Gasteiger partial charge in [-0.1, -0.05) is 0 Å². The van der Waals surface area contributed by atoms with Crippen LogP contribution in [0.25, 0.3) is 0 Å². The molecule has 0 bridgehead atoms. The highest BCUT2D eigenvalue weighted by Gasteiger charge is 2.48. The summed E-state index contributed by atoms with van der Waals surface area (Å²) in [6.07, 6.45) is -3.88. The Morgan fingerprint density at radius 1 is 1.31 bits per heavy atom. The summed E-state index contributed by atoms with van der Waals surface area (Å²) in [5.74, 6) is -1.19. The Bertz CT molecular complexity index is 225. The Hall–Kier alpha value is 0. The van der Waals surface area contributed by atoms with Gasteiger partial charge in [-0.3, -0.25) is 4.90 Å². The highest BCUT2D eigenvalue weighted by atomic mass is 35.5. The van der Waals surface area contributed by atoms with E-state index < -0.39 is 23.7 Å². The van der Waals surface area contributed by atoms with E-state index in [1.54, 1.807) is 6.92 Å². The normalized spacial score (nSPS) is 27.9. The monoisotopic (exact) mass is 260 g/mol. The largest absolute Gasteiger partial charge is 0.393 e. The number of hydrogen-bond acceptors (Lipinski definition) is 2. The molecule has 1 aliphatic heterocycles. The van der Waals surface area contributed by atoms with Gasteiger partial charge in [-0.15, -0.1) is 12.4 Å². The van der Waals surface area contributed by atoms with Gasteiger partial charge in [-0.25, -0.2) is 0 Å². The van der Waals surface area contributed by atoms with E-state index in [9.17, 15) is 13.2 Å². The fraction of sp³-hybridized carbons (Fsp3) is 1.00. The molecule has 0 spiro atoms. The maximum atomic E-state index is 12.6. The van der Waals surface area contributed by atoms with E-state index in [1.165, 1.54) is 0 Å². The highest BCUT2D eigenvalue weighted by Crippen LogP contribution is 2.38. The number of alkyl halides is 3. The minimum Gasteiger partial charge on any atom is -0.324 e. The Morgan fingerprint density at radius 2 is 1.81 bits per heavy atom. The molecule has 98 valence electrons. The van der Waals surface area contributed by atoms with Gasteiger partial charge in [0.05, 0.1) is 5.92 Å². The molecule has 2 nitrogen and oxygen atoms in total. The van der Waals surface area contributed by atoms with Gasteiger partial charge in [0.1, 0.15) is 0 Å². The van der Waals surface area contributed by atoms with E-state index in [0.29, 0.717) is 13.1 Å². The van der Waals surface area contributed by atoms with Crippen LogP contribution >= 0.6 is 12.4 Å². The minimum atomic E-state index is -4.08. The molecule has 2 N–H and O–H groups in total. The molecule has 0 aromatic heterocycles. The first-order chi connectivity index (χ1) is 6.61. The maximum Gasteiger partial charge on any atom is 0.393 e. The topological polar surface area (TPSA) is 29.3 Å². The van der Waals surface area contributed by atoms with Crippen molar-refractivity contribution in [2.24, 2.45) is 11.7 Å². The van der Waals surface area contributed by atoms with Crippen LogP contribution < -0.4 is 5.73 Å². The molecule has 1 heterocycles. The first-order valence-corrected chi connectivity index (χ1v) is 5.21. The molecule has 0 aliphatic carbocycles. The van der Waals surface area contributed by atoms with E-state index in [4.69, 9.17) is 5.73 Å². The smallest absolute Gasteiger partial charge is 0.324 e. The van der Waals surface area contributed by atoms with Gasteiger partial charge in [0.15, 0.2) is 0 Å². The second kappa shape index (κ2) is 5.10. The van der Waals surface area contributed by atoms with E-state index in [-0.39, 0.29) is 18.8 Å². The highest BCUT2D eigenvalue weighted by molar-refractivity contribution is 5.85. The summed E-state index contributed by atoms with van der Waals surface area (Å²) in [6.45, 7) is 6.31. The van der Waals surface area contributed by atoms with Gasteiger partial charge in [0.25, 0.3) is 0 Å². The van der Waals surface area contributed by atoms with Crippen LogP contribution in [0.1, 0.15) is 27.2 Å². The molecule has 0 radical (unpaired) electrons. The summed E-state index contributed by atoms with van der Waals surface area (Å²) in [6, 6.07) is -0.451. The average Bonchev–Trinajstić information content (AvgIpc) is 2.27. The second-order valence-corrected chi connectivity index (χ2v) is 5.14. The quantitative estimate of drug-likeness (QED) is 0.826. The van der Waals surface area contributed by atoms with Gasteiger partial charge < -0.3 is 5.73 Å². The van der Waals surface area contributed by atoms with Crippen molar-refractivity contribution >= 4 is 12.4 Å². The van der Waals surface area contributed by atoms with Crippen LogP contribution in [0.5, 0.6) is 0 Å². The van der Waals surface area contributed by atoms with Gasteiger partial charge in [0.2, 0.25) is 0 Å². The molecule has 6 heteroatoms. The lowest BCUT2D eigenvalue weighted by molar-refractivity contribution is -0.179. The molecule has 1 rings (SSSR count). The van der Waals surface area contributed by atoms with Crippen LogP contribution in [0.3, 0.4) is 0 Å². The van der Waals surface area contributed by atoms with Crippen LogP contribution in [0.4, 0.5) is 13.2 Å². The van der Waals surface area contributed by atoms with Gasteiger partial charge in [-0.2, -0.15) is 13.2 Å². The van der Waals surface area contributed by atoms with Crippen LogP contribution in [0.2, 0.25) is 0 Å². The third-order valence-electron chi connectivity index (χ3n) is 2.92. The molecular formula is C10H20ClF3N2. The lowest BCUT2D eigenvalue weighted by atomic mass is 10.0. The fourth-order valence-electron chi connectivity index (χ4n) is 2.19. The predicted octanol–water partition coefficient (Wildman–Crippen LogP) is 2.42. The molecule has 0 aromatic carbocycles. The van der Waals surface area contributed by atoms with Gasteiger partial charge in [-0.05, 0) is 33.7 Å². The van der Waals surface area contributed by atoms with Crippen molar-refractivity contribution in [2.45, 2.75) is 44.9 Å². The summed E-state index contributed by atoms with van der Waals surface area (Å²) >= 11 is 0. The summed E-state index contributed by atoms with van der Waals surface area (Å²) in [4.78, 5) is 1.83. The second-order valence-electron chi connectivity index (χ2n) is 5.14. The number of nitrogens with two attached hydrogens (primary N) is 1. The van der Waals surface area contributed by atoms with E-state index >= 15 is 0 Å². The first-order valence-electron chi connectivity index (χ1n) is 5.21. The summed E-state index contributed by atoms with van der Waals surface area (Å²) in [7, 11) is 0. The molecule has 0 aromatic rings. The number of rotatable bonds is 2. The Morgan fingerprint density at radius 3 is 2.12 bits per heavy atom. The Balaban J connectivity index is 0.00000225. The van der Waals surface area contributed by atoms with Crippen molar-refractivity contribution in [3.8, 4) is 0 Å². The number of nitrogens with zero attached hydrogens (tertiary/aromatic N) is 1. The molecule has 1 aliphatic rings. The van der Waals surface area contributed by atoms with Crippen LogP contribution in [-0.4, -0.2) is 35.7 Å². The zero-order valence-corrected chi connectivity index (χ0v) is 10.7. The summed E-state index contributed by atoms with van der Waals surface area (Å²) in [5.41, 5.74) is 5.37. The molecule has 1 saturated heterocycles. The fourth-order valence-corrected chi connectivity index (χ4v) is 2.19. The zero-order chi connectivity index (χ0) is 11.9. The molecule has 0 saturated carbocycles.